The van der Waals surface area contributed by atoms with Crippen molar-refractivity contribution in [2.24, 2.45) is 0 Å². The summed E-state index contributed by atoms with van der Waals surface area (Å²) >= 11 is 0. The maximum atomic E-state index is 13.3. The van der Waals surface area contributed by atoms with Crippen LogP contribution in [-0.2, 0) is 9.53 Å². The van der Waals surface area contributed by atoms with Crippen LogP contribution in [-0.4, -0.2) is 67.7 Å². The fourth-order valence-electron chi connectivity index (χ4n) is 4.61. The quantitative estimate of drug-likeness (QED) is 0.497. The van der Waals surface area contributed by atoms with E-state index in [4.69, 9.17) is 9.47 Å². The molecule has 0 unspecified atom stereocenters. The van der Waals surface area contributed by atoms with Crippen LogP contribution in [0.4, 0.5) is 11.4 Å². The molecule has 4 rings (SSSR count). The van der Waals surface area contributed by atoms with E-state index in [9.17, 15) is 9.59 Å². The van der Waals surface area contributed by atoms with Gasteiger partial charge in [-0.3, -0.25) is 9.69 Å². The van der Waals surface area contributed by atoms with Gasteiger partial charge < -0.3 is 24.7 Å². The van der Waals surface area contributed by atoms with E-state index < -0.39 is 5.97 Å². The summed E-state index contributed by atoms with van der Waals surface area (Å²) in [4.78, 5) is 33.6. The van der Waals surface area contributed by atoms with Crippen LogP contribution < -0.4 is 15.0 Å². The molecule has 0 aliphatic carbocycles. The lowest BCUT2D eigenvalue weighted by Gasteiger charge is -2.39. The largest absolute Gasteiger partial charge is 0.497 e. The zero-order valence-corrected chi connectivity index (χ0v) is 21.1. The van der Waals surface area contributed by atoms with Crippen molar-refractivity contribution in [2.75, 3.05) is 50.1 Å². The van der Waals surface area contributed by atoms with E-state index in [0.717, 1.165) is 31.7 Å². The number of H-pyrrole nitrogens is 1. The molecule has 0 bridgehead atoms. The number of carbonyl (C=O) groups is 2. The number of methoxy groups -OCH3 is 1. The van der Waals surface area contributed by atoms with Gasteiger partial charge in [0.2, 0.25) is 5.91 Å². The molecule has 1 amide bonds. The Bertz CT molecular complexity index is 1230. The maximum absolute atomic E-state index is 13.3. The average Bonchev–Trinajstić information content (AvgIpc) is 3.23. The molecule has 8 heteroatoms. The molecule has 1 atom stereocenters. The summed E-state index contributed by atoms with van der Waals surface area (Å²) in [6.07, 6.45) is 0. The Morgan fingerprint density at radius 2 is 1.86 bits per heavy atom. The van der Waals surface area contributed by atoms with Crippen molar-refractivity contribution in [2.45, 2.75) is 33.7 Å². The van der Waals surface area contributed by atoms with Crippen LogP contribution in [0, 0.1) is 13.8 Å². The number of aromatic amines is 1. The second-order valence-corrected chi connectivity index (χ2v) is 8.91. The molecule has 0 radical (unpaired) electrons. The third-order valence-electron chi connectivity index (χ3n) is 6.89. The number of nitrogens with zero attached hydrogens (tertiary/aromatic N) is 2. The van der Waals surface area contributed by atoms with Gasteiger partial charge in [0.05, 0.1) is 25.4 Å². The Labute approximate surface area is 206 Å². The van der Waals surface area contributed by atoms with Gasteiger partial charge in [0, 0.05) is 42.8 Å². The number of hydrogen-bond donors (Lipinski definition) is 2. The van der Waals surface area contributed by atoms with Crippen molar-refractivity contribution >= 4 is 34.2 Å². The van der Waals surface area contributed by atoms with E-state index in [0.29, 0.717) is 16.8 Å². The molecule has 1 saturated heterocycles. The SMILES string of the molecule is CCOC(=O)c1[nH]c2ccc(OC)cc2c1NC(=O)[C@@H](C)N1CCN(c2cccc(C)c2C)CC1. The minimum Gasteiger partial charge on any atom is -0.497 e. The summed E-state index contributed by atoms with van der Waals surface area (Å²) in [5, 5.41) is 3.70. The van der Waals surface area contributed by atoms with E-state index in [1.165, 1.54) is 16.8 Å². The highest BCUT2D eigenvalue weighted by molar-refractivity contribution is 6.12. The number of anilines is 2. The van der Waals surface area contributed by atoms with Gasteiger partial charge in [0.25, 0.3) is 0 Å². The molecule has 1 aliphatic heterocycles. The number of carbonyl (C=O) groups excluding carboxylic acids is 2. The van der Waals surface area contributed by atoms with E-state index in [1.54, 1.807) is 26.2 Å². The lowest BCUT2D eigenvalue weighted by Crippen LogP contribution is -2.53. The van der Waals surface area contributed by atoms with Gasteiger partial charge in [0.15, 0.2) is 0 Å². The number of nitrogens with one attached hydrogen (secondary N) is 2. The summed E-state index contributed by atoms with van der Waals surface area (Å²) < 4.78 is 10.6. The topological polar surface area (TPSA) is 86.9 Å². The van der Waals surface area contributed by atoms with E-state index in [2.05, 4.69) is 52.1 Å². The van der Waals surface area contributed by atoms with Crippen LogP contribution in [0.25, 0.3) is 10.9 Å². The summed E-state index contributed by atoms with van der Waals surface area (Å²) in [6, 6.07) is 11.5. The molecular weight excluding hydrogens is 444 g/mol. The van der Waals surface area contributed by atoms with Crippen LogP contribution in [0.2, 0.25) is 0 Å². The monoisotopic (exact) mass is 478 g/mol. The highest BCUT2D eigenvalue weighted by Crippen LogP contribution is 2.32. The molecule has 2 heterocycles. The Balaban J connectivity index is 1.50. The molecule has 0 saturated carbocycles. The summed E-state index contributed by atoms with van der Waals surface area (Å²) in [7, 11) is 1.58. The van der Waals surface area contributed by atoms with Crippen LogP contribution >= 0.6 is 0 Å². The Morgan fingerprint density at radius 3 is 2.54 bits per heavy atom. The zero-order chi connectivity index (χ0) is 25.1. The number of benzene rings is 2. The third-order valence-corrected chi connectivity index (χ3v) is 6.89. The number of amides is 1. The van der Waals surface area contributed by atoms with Crippen molar-refractivity contribution in [3.05, 3.63) is 53.2 Å². The van der Waals surface area contributed by atoms with Gasteiger partial charge >= 0.3 is 5.97 Å². The number of hydrogen-bond acceptors (Lipinski definition) is 6. The molecule has 8 nitrogen and oxygen atoms in total. The van der Waals surface area contributed by atoms with Gasteiger partial charge in [-0.1, -0.05) is 12.1 Å². The average molecular weight is 479 g/mol. The first kappa shape index (κ1) is 24.6. The summed E-state index contributed by atoms with van der Waals surface area (Å²) in [5.74, 6) is -0.0368. The maximum Gasteiger partial charge on any atom is 0.356 e. The molecular formula is C27H34N4O4. The Morgan fingerprint density at radius 1 is 1.11 bits per heavy atom. The van der Waals surface area contributed by atoms with Crippen molar-refractivity contribution in [3.63, 3.8) is 0 Å². The van der Waals surface area contributed by atoms with Gasteiger partial charge in [-0.15, -0.1) is 0 Å². The molecule has 35 heavy (non-hydrogen) atoms. The highest BCUT2D eigenvalue weighted by atomic mass is 16.5. The minimum atomic E-state index is -0.507. The number of aromatic nitrogens is 1. The number of rotatable bonds is 7. The molecule has 3 aromatic rings. The molecule has 1 fully saturated rings. The number of esters is 1. The van der Waals surface area contributed by atoms with Gasteiger partial charge in [0.1, 0.15) is 11.4 Å². The van der Waals surface area contributed by atoms with Crippen molar-refractivity contribution < 1.29 is 19.1 Å². The third kappa shape index (κ3) is 4.98. The normalized spacial score (nSPS) is 15.2. The molecule has 1 aliphatic rings. The van der Waals surface area contributed by atoms with Crippen molar-refractivity contribution in [1.29, 1.82) is 0 Å². The van der Waals surface area contributed by atoms with Gasteiger partial charge in [-0.2, -0.15) is 0 Å². The smallest absolute Gasteiger partial charge is 0.356 e. The molecule has 2 N–H and O–H groups in total. The van der Waals surface area contributed by atoms with Crippen molar-refractivity contribution in [3.8, 4) is 5.75 Å². The van der Waals surface area contributed by atoms with Gasteiger partial charge in [-0.25, -0.2) is 4.79 Å². The second-order valence-electron chi connectivity index (χ2n) is 8.91. The molecule has 1 aromatic heterocycles. The molecule has 0 spiro atoms. The van der Waals surface area contributed by atoms with Crippen molar-refractivity contribution in [1.82, 2.24) is 9.88 Å². The van der Waals surface area contributed by atoms with E-state index >= 15 is 0 Å². The Hall–Kier alpha value is -3.52. The lowest BCUT2D eigenvalue weighted by molar-refractivity contribution is -0.120. The summed E-state index contributed by atoms with van der Waals surface area (Å²) in [6.45, 7) is 11.4. The van der Waals surface area contributed by atoms with E-state index in [1.807, 2.05) is 13.0 Å². The van der Waals surface area contributed by atoms with Crippen LogP contribution in [0.3, 0.4) is 0 Å². The van der Waals surface area contributed by atoms with E-state index in [-0.39, 0.29) is 24.2 Å². The first-order valence-electron chi connectivity index (χ1n) is 12.1. The number of aryl methyl sites for hydroxylation is 1. The second kappa shape index (κ2) is 10.4. The fraction of sp³-hybridized carbons (Fsp3) is 0.407. The number of piperazine rings is 1. The highest BCUT2D eigenvalue weighted by Gasteiger charge is 2.28. The fourth-order valence-corrected chi connectivity index (χ4v) is 4.61. The lowest BCUT2D eigenvalue weighted by atomic mass is 10.1. The first-order chi connectivity index (χ1) is 16.8. The summed E-state index contributed by atoms with van der Waals surface area (Å²) in [5.41, 5.74) is 5.21. The minimum absolute atomic E-state index is 0.167. The van der Waals surface area contributed by atoms with Crippen LogP contribution in [0.1, 0.15) is 35.5 Å². The molecule has 186 valence electrons. The van der Waals surface area contributed by atoms with Crippen LogP contribution in [0.5, 0.6) is 5.75 Å². The first-order valence-corrected chi connectivity index (χ1v) is 12.1. The zero-order valence-electron chi connectivity index (χ0n) is 21.1. The molecule has 2 aromatic carbocycles. The number of fused-ring (bicyclic) bond motifs is 1. The van der Waals surface area contributed by atoms with Gasteiger partial charge in [-0.05, 0) is 63.1 Å². The Kier molecular flexibility index (Phi) is 7.31. The predicted molar refractivity (Wildman–Crippen MR) is 139 cm³/mol. The standard InChI is InChI=1S/C27H34N4O4/c1-6-35-27(33)25-24(21-16-20(34-5)10-11-22(21)28-25)29-26(32)19(4)30-12-14-31(15-13-30)23-9-7-8-17(2)18(23)3/h7-11,16,19,28H,6,12-15H2,1-5H3,(H,29,32)/t19-/m1/s1. The van der Waals surface area contributed by atoms with Crippen LogP contribution in [0.15, 0.2) is 36.4 Å². The number of ether oxygens (including phenoxy) is 2. The predicted octanol–water partition coefficient (Wildman–Crippen LogP) is 4.12.